The number of hydrogen-bond acceptors (Lipinski definition) is 6. The zero-order valence-corrected chi connectivity index (χ0v) is 18.1. The average molecular weight is 442 g/mol. The highest BCUT2D eigenvalue weighted by Gasteiger charge is 2.35. The molecule has 1 aliphatic rings. The van der Waals surface area contributed by atoms with E-state index in [4.69, 9.17) is 14.2 Å². The number of ether oxygens (including phenoxy) is 3. The van der Waals surface area contributed by atoms with E-state index in [0.29, 0.717) is 0 Å². The highest BCUT2D eigenvalue weighted by Crippen LogP contribution is 2.37. The summed E-state index contributed by atoms with van der Waals surface area (Å²) in [4.78, 5) is 38.6. The number of ketones is 2. The lowest BCUT2D eigenvalue weighted by molar-refractivity contribution is -0.138. The Balaban J connectivity index is 1.70. The Morgan fingerprint density at radius 2 is 1.24 bits per heavy atom. The van der Waals surface area contributed by atoms with E-state index in [-0.39, 0.29) is 48.0 Å². The Labute approximate surface area is 191 Å². The van der Waals surface area contributed by atoms with E-state index in [1.54, 1.807) is 19.1 Å². The van der Waals surface area contributed by atoms with E-state index < -0.39 is 17.5 Å². The Kier molecular flexibility index (Phi) is 6.64. The van der Waals surface area contributed by atoms with E-state index in [2.05, 4.69) is 0 Å². The van der Waals surface area contributed by atoms with Gasteiger partial charge in [0.25, 0.3) is 0 Å². The van der Waals surface area contributed by atoms with Gasteiger partial charge in [-0.3, -0.25) is 9.59 Å². The maximum Gasteiger partial charge on any atom is 0.342 e. The van der Waals surface area contributed by atoms with Crippen LogP contribution < -0.4 is 9.47 Å². The summed E-state index contributed by atoms with van der Waals surface area (Å²) in [7, 11) is 0. The fraction of sp³-hybridized carbons (Fsp3) is 0.148. The molecule has 4 rings (SSSR count). The van der Waals surface area contributed by atoms with Gasteiger partial charge in [-0.25, -0.2) is 4.79 Å². The monoisotopic (exact) mass is 442 g/mol. The van der Waals surface area contributed by atoms with Crippen molar-refractivity contribution in [3.8, 4) is 11.5 Å². The van der Waals surface area contributed by atoms with E-state index in [9.17, 15) is 14.4 Å². The molecule has 0 N–H and O–H groups in total. The first-order chi connectivity index (χ1) is 16.1. The third-order valence-electron chi connectivity index (χ3n) is 5.09. The predicted molar refractivity (Wildman–Crippen MR) is 121 cm³/mol. The molecular weight excluding hydrogens is 420 g/mol. The molecule has 0 heterocycles. The lowest BCUT2D eigenvalue weighted by Crippen LogP contribution is -2.25. The lowest BCUT2D eigenvalue weighted by atomic mass is 9.88. The molecule has 0 fully saturated rings. The topological polar surface area (TPSA) is 78.9 Å². The van der Waals surface area contributed by atoms with Crippen molar-refractivity contribution in [1.29, 1.82) is 0 Å². The van der Waals surface area contributed by atoms with Crippen molar-refractivity contribution < 1.29 is 28.6 Å². The maximum absolute atomic E-state index is 13.3. The van der Waals surface area contributed by atoms with Crippen molar-refractivity contribution >= 4 is 17.5 Å². The standard InChI is InChI=1S/C27H22O6/c1-2-31-27(30)20-15-21(28)24-22(32-16-18-9-5-3-6-10-18)13-14-23(25(24)26(20)29)33-17-19-11-7-4-8-12-19/h3-15H,2,16-17H2,1H3. The number of fused-ring (bicyclic) bond motifs is 1. The fourth-order valence-electron chi connectivity index (χ4n) is 3.51. The van der Waals surface area contributed by atoms with E-state index in [1.807, 2.05) is 60.7 Å². The molecule has 0 atom stereocenters. The molecule has 0 radical (unpaired) electrons. The molecule has 0 aliphatic heterocycles. The van der Waals surface area contributed by atoms with Crippen LogP contribution in [0.5, 0.6) is 11.5 Å². The van der Waals surface area contributed by atoms with Gasteiger partial charge in [0.1, 0.15) is 30.3 Å². The summed E-state index contributed by atoms with van der Waals surface area (Å²) in [6.07, 6.45) is 1.01. The molecule has 0 amide bonds. The van der Waals surface area contributed by atoms with E-state index >= 15 is 0 Å². The van der Waals surface area contributed by atoms with Crippen molar-refractivity contribution in [3.63, 3.8) is 0 Å². The molecule has 3 aromatic carbocycles. The van der Waals surface area contributed by atoms with Crippen LogP contribution in [0.3, 0.4) is 0 Å². The Morgan fingerprint density at radius 3 is 1.76 bits per heavy atom. The van der Waals surface area contributed by atoms with Gasteiger partial charge in [0.2, 0.25) is 5.78 Å². The minimum Gasteiger partial charge on any atom is -0.488 e. The quantitative estimate of drug-likeness (QED) is 0.371. The molecule has 6 nitrogen and oxygen atoms in total. The molecule has 0 saturated heterocycles. The third kappa shape index (κ3) is 4.85. The van der Waals surface area contributed by atoms with E-state index in [1.165, 1.54) is 0 Å². The summed E-state index contributed by atoms with van der Waals surface area (Å²) in [5.74, 6) is -1.53. The Hall–Kier alpha value is -4.19. The number of rotatable bonds is 8. The third-order valence-corrected chi connectivity index (χ3v) is 5.09. The van der Waals surface area contributed by atoms with Gasteiger partial charge < -0.3 is 14.2 Å². The van der Waals surface area contributed by atoms with Crippen molar-refractivity contribution in [2.45, 2.75) is 20.1 Å². The first kappa shape index (κ1) is 22.0. The van der Waals surface area contributed by atoms with Crippen molar-refractivity contribution in [2.75, 3.05) is 6.61 Å². The minimum atomic E-state index is -0.842. The molecule has 0 unspecified atom stereocenters. The summed E-state index contributed by atoms with van der Waals surface area (Å²) in [6.45, 7) is 2.12. The Morgan fingerprint density at radius 1 is 0.727 bits per heavy atom. The zero-order chi connectivity index (χ0) is 23.2. The van der Waals surface area contributed by atoms with Crippen LogP contribution in [0, 0.1) is 0 Å². The number of carbonyl (C=O) groups is 3. The van der Waals surface area contributed by atoms with Crippen LogP contribution in [-0.2, 0) is 22.7 Å². The first-order valence-corrected chi connectivity index (χ1v) is 10.6. The van der Waals surface area contributed by atoms with Gasteiger partial charge in [0.05, 0.1) is 17.7 Å². The SMILES string of the molecule is CCOC(=O)C1=CC(=O)c2c(OCc3ccccc3)ccc(OCc3ccccc3)c2C1=O. The fourth-order valence-corrected chi connectivity index (χ4v) is 3.51. The number of benzene rings is 3. The summed E-state index contributed by atoms with van der Waals surface area (Å²) >= 11 is 0. The van der Waals surface area contributed by atoms with Gasteiger partial charge in [-0.2, -0.15) is 0 Å². The first-order valence-electron chi connectivity index (χ1n) is 10.6. The molecule has 3 aromatic rings. The van der Waals surface area contributed by atoms with Gasteiger partial charge >= 0.3 is 5.97 Å². The van der Waals surface area contributed by atoms with Crippen LogP contribution in [0.2, 0.25) is 0 Å². The van der Waals surface area contributed by atoms with Crippen LogP contribution in [-0.4, -0.2) is 24.1 Å². The molecule has 0 aromatic heterocycles. The van der Waals surface area contributed by atoms with Crippen LogP contribution in [0.1, 0.15) is 38.8 Å². The highest BCUT2D eigenvalue weighted by molar-refractivity contribution is 6.35. The maximum atomic E-state index is 13.3. The van der Waals surface area contributed by atoms with Crippen molar-refractivity contribution in [2.24, 2.45) is 0 Å². The predicted octanol–water partition coefficient (Wildman–Crippen LogP) is 4.71. The highest BCUT2D eigenvalue weighted by atomic mass is 16.5. The Bertz CT molecular complexity index is 1210. The van der Waals surface area contributed by atoms with Gasteiger partial charge in [-0.1, -0.05) is 60.7 Å². The smallest absolute Gasteiger partial charge is 0.342 e. The van der Waals surface area contributed by atoms with Crippen LogP contribution >= 0.6 is 0 Å². The van der Waals surface area contributed by atoms with Gasteiger partial charge in [-0.05, 0) is 30.2 Å². The van der Waals surface area contributed by atoms with Gasteiger partial charge in [0.15, 0.2) is 5.78 Å². The molecule has 0 saturated carbocycles. The summed E-state index contributed by atoms with van der Waals surface area (Å²) in [5, 5.41) is 0. The number of Topliss-reactive ketones (excluding diaryl/α,β-unsaturated/α-hetero) is 1. The molecule has 166 valence electrons. The summed E-state index contributed by atoms with van der Waals surface area (Å²) < 4.78 is 16.8. The molecule has 33 heavy (non-hydrogen) atoms. The lowest BCUT2D eigenvalue weighted by Gasteiger charge is -2.21. The normalized spacial score (nSPS) is 12.6. The minimum absolute atomic E-state index is 0.00652. The molecular formula is C27H22O6. The second-order valence-electron chi connectivity index (χ2n) is 7.33. The van der Waals surface area contributed by atoms with Crippen LogP contribution in [0.15, 0.2) is 84.4 Å². The summed E-state index contributed by atoms with van der Waals surface area (Å²) in [6, 6.07) is 22.1. The summed E-state index contributed by atoms with van der Waals surface area (Å²) in [5.41, 5.74) is 1.57. The second-order valence-corrected chi connectivity index (χ2v) is 7.33. The number of hydrogen-bond donors (Lipinski definition) is 0. The number of allylic oxidation sites excluding steroid dienone is 1. The van der Waals surface area contributed by atoms with Crippen LogP contribution in [0.4, 0.5) is 0 Å². The zero-order valence-electron chi connectivity index (χ0n) is 18.1. The number of esters is 1. The molecule has 0 spiro atoms. The number of carbonyl (C=O) groups excluding carboxylic acids is 3. The van der Waals surface area contributed by atoms with Crippen LogP contribution in [0.25, 0.3) is 0 Å². The van der Waals surface area contributed by atoms with Gasteiger partial charge in [0, 0.05) is 6.08 Å². The molecule has 0 bridgehead atoms. The second kappa shape index (κ2) is 9.96. The van der Waals surface area contributed by atoms with E-state index in [0.717, 1.165) is 17.2 Å². The average Bonchev–Trinajstić information content (AvgIpc) is 2.85. The van der Waals surface area contributed by atoms with Crippen molar-refractivity contribution in [3.05, 3.63) is 107 Å². The van der Waals surface area contributed by atoms with Crippen molar-refractivity contribution in [1.82, 2.24) is 0 Å². The molecule has 1 aliphatic carbocycles. The van der Waals surface area contributed by atoms with Gasteiger partial charge in [-0.15, -0.1) is 0 Å². The largest absolute Gasteiger partial charge is 0.488 e. The molecule has 6 heteroatoms.